The molecule has 0 radical (unpaired) electrons. The third-order valence-electron chi connectivity index (χ3n) is 3.25. The lowest BCUT2D eigenvalue weighted by Crippen LogP contribution is -2.23. The minimum Gasteiger partial charge on any atom is -0.364 e. The Morgan fingerprint density at radius 3 is 3.31 bits per heavy atom. The van der Waals surface area contributed by atoms with Gasteiger partial charge in [0, 0.05) is 29.4 Å². The van der Waals surface area contributed by atoms with Crippen molar-refractivity contribution >= 4 is 11.3 Å². The standard InChI is InChI=1S/C13H16N2S/c1-4-12(11-6-8-16-13(11)5-1)15-9-10-3-2-7-14-10/h2-3,6-8,12,14-15H,1,4-5,9H2. The van der Waals surface area contributed by atoms with Crippen LogP contribution in [0.2, 0.25) is 0 Å². The summed E-state index contributed by atoms with van der Waals surface area (Å²) in [5.74, 6) is 0. The molecule has 0 spiro atoms. The maximum Gasteiger partial charge on any atom is 0.0362 e. The van der Waals surface area contributed by atoms with Crippen LogP contribution >= 0.6 is 11.3 Å². The normalized spacial score (nSPS) is 19.6. The molecule has 2 aromatic heterocycles. The van der Waals surface area contributed by atoms with Crippen LogP contribution in [0.15, 0.2) is 29.8 Å². The molecule has 2 heterocycles. The summed E-state index contributed by atoms with van der Waals surface area (Å²) in [6.45, 7) is 0.937. The van der Waals surface area contributed by atoms with Crippen LogP contribution in [-0.2, 0) is 13.0 Å². The maximum atomic E-state index is 3.64. The van der Waals surface area contributed by atoms with Gasteiger partial charge in [0.25, 0.3) is 0 Å². The van der Waals surface area contributed by atoms with E-state index in [-0.39, 0.29) is 0 Å². The van der Waals surface area contributed by atoms with E-state index in [9.17, 15) is 0 Å². The van der Waals surface area contributed by atoms with Crippen molar-refractivity contribution in [2.75, 3.05) is 0 Å². The minimum absolute atomic E-state index is 0.554. The van der Waals surface area contributed by atoms with E-state index < -0.39 is 0 Å². The van der Waals surface area contributed by atoms with E-state index in [1.54, 1.807) is 4.88 Å². The second-order valence-corrected chi connectivity index (χ2v) is 5.32. The smallest absolute Gasteiger partial charge is 0.0362 e. The first-order chi connectivity index (χ1) is 7.93. The maximum absolute atomic E-state index is 3.64. The van der Waals surface area contributed by atoms with Gasteiger partial charge in [-0.05, 0) is 48.4 Å². The lowest BCUT2D eigenvalue weighted by molar-refractivity contribution is 0.461. The zero-order chi connectivity index (χ0) is 10.8. The Labute approximate surface area is 99.7 Å². The van der Waals surface area contributed by atoms with Gasteiger partial charge in [-0.3, -0.25) is 0 Å². The Balaban J connectivity index is 1.69. The van der Waals surface area contributed by atoms with Crippen molar-refractivity contribution in [3.8, 4) is 0 Å². The van der Waals surface area contributed by atoms with Crippen molar-refractivity contribution in [1.82, 2.24) is 10.3 Å². The molecule has 0 saturated heterocycles. The van der Waals surface area contributed by atoms with Crippen LogP contribution in [0, 0.1) is 0 Å². The van der Waals surface area contributed by atoms with E-state index in [1.165, 1.54) is 30.5 Å². The second-order valence-electron chi connectivity index (χ2n) is 4.32. The topological polar surface area (TPSA) is 27.8 Å². The fraction of sp³-hybridized carbons (Fsp3) is 0.385. The summed E-state index contributed by atoms with van der Waals surface area (Å²) in [6.07, 6.45) is 5.84. The molecule has 1 unspecified atom stereocenters. The molecule has 2 aromatic rings. The SMILES string of the molecule is c1c[nH]c(CNC2CCCc3sccc32)c1. The van der Waals surface area contributed by atoms with Crippen LogP contribution in [0.1, 0.15) is 35.0 Å². The quantitative estimate of drug-likeness (QED) is 0.835. The molecule has 2 N–H and O–H groups in total. The van der Waals surface area contributed by atoms with Crippen LogP contribution in [0.25, 0.3) is 0 Å². The molecule has 3 rings (SSSR count). The number of H-pyrrole nitrogens is 1. The summed E-state index contributed by atoms with van der Waals surface area (Å²) in [5.41, 5.74) is 2.80. The number of hydrogen-bond acceptors (Lipinski definition) is 2. The average molecular weight is 232 g/mol. The molecule has 1 aliphatic rings. The Kier molecular flexibility index (Phi) is 2.80. The monoisotopic (exact) mass is 232 g/mol. The van der Waals surface area contributed by atoms with Crippen LogP contribution in [0.5, 0.6) is 0 Å². The Morgan fingerprint density at radius 1 is 1.44 bits per heavy atom. The molecule has 2 nitrogen and oxygen atoms in total. The van der Waals surface area contributed by atoms with Crippen LogP contribution in [0.4, 0.5) is 0 Å². The number of fused-ring (bicyclic) bond motifs is 1. The Morgan fingerprint density at radius 2 is 2.44 bits per heavy atom. The Bertz CT molecular complexity index is 444. The van der Waals surface area contributed by atoms with Crippen LogP contribution < -0.4 is 5.32 Å². The summed E-state index contributed by atoms with van der Waals surface area (Å²) in [5, 5.41) is 5.86. The highest BCUT2D eigenvalue weighted by Gasteiger charge is 2.20. The molecule has 0 bridgehead atoms. The van der Waals surface area contributed by atoms with Gasteiger partial charge in [0.05, 0.1) is 0 Å². The van der Waals surface area contributed by atoms with Gasteiger partial charge in [-0.15, -0.1) is 11.3 Å². The van der Waals surface area contributed by atoms with Crippen molar-refractivity contribution in [3.05, 3.63) is 45.9 Å². The van der Waals surface area contributed by atoms with E-state index in [4.69, 9.17) is 0 Å². The summed E-state index contributed by atoms with van der Waals surface area (Å²) < 4.78 is 0. The summed E-state index contributed by atoms with van der Waals surface area (Å²) in [6, 6.07) is 7.02. The molecule has 0 saturated carbocycles. The highest BCUT2D eigenvalue weighted by molar-refractivity contribution is 7.10. The third-order valence-corrected chi connectivity index (χ3v) is 4.25. The third kappa shape index (κ3) is 1.93. The Hall–Kier alpha value is -1.06. The van der Waals surface area contributed by atoms with Crippen molar-refractivity contribution in [3.63, 3.8) is 0 Å². The van der Waals surface area contributed by atoms with Crippen molar-refractivity contribution in [1.29, 1.82) is 0 Å². The number of nitrogens with one attached hydrogen (secondary N) is 2. The molecule has 16 heavy (non-hydrogen) atoms. The van der Waals surface area contributed by atoms with Gasteiger partial charge in [0.2, 0.25) is 0 Å². The number of aromatic amines is 1. The average Bonchev–Trinajstić information content (AvgIpc) is 2.97. The molecule has 3 heteroatoms. The number of hydrogen-bond donors (Lipinski definition) is 2. The first-order valence-electron chi connectivity index (χ1n) is 5.85. The van der Waals surface area contributed by atoms with E-state index in [2.05, 4.69) is 27.8 Å². The molecule has 0 amide bonds. The van der Waals surface area contributed by atoms with Crippen LogP contribution in [-0.4, -0.2) is 4.98 Å². The molecule has 1 atom stereocenters. The van der Waals surface area contributed by atoms with Gasteiger partial charge in [0.1, 0.15) is 0 Å². The molecule has 1 aliphatic carbocycles. The first kappa shape index (κ1) is 10.1. The molecule has 84 valence electrons. The van der Waals surface area contributed by atoms with E-state index in [0.29, 0.717) is 6.04 Å². The second kappa shape index (κ2) is 4.44. The minimum atomic E-state index is 0.554. The summed E-state index contributed by atoms with van der Waals surface area (Å²) >= 11 is 1.90. The zero-order valence-corrected chi connectivity index (χ0v) is 10.0. The molecule has 0 aliphatic heterocycles. The molecule has 0 aromatic carbocycles. The molecule has 0 fully saturated rings. The summed E-state index contributed by atoms with van der Waals surface area (Å²) in [7, 11) is 0. The van der Waals surface area contributed by atoms with E-state index >= 15 is 0 Å². The highest BCUT2D eigenvalue weighted by atomic mass is 32.1. The fourth-order valence-electron chi connectivity index (χ4n) is 2.41. The number of aromatic nitrogens is 1. The van der Waals surface area contributed by atoms with Gasteiger partial charge >= 0.3 is 0 Å². The number of aryl methyl sites for hydroxylation is 1. The van der Waals surface area contributed by atoms with Gasteiger partial charge in [-0.2, -0.15) is 0 Å². The lowest BCUT2D eigenvalue weighted by Gasteiger charge is -2.23. The predicted molar refractivity (Wildman–Crippen MR) is 67.6 cm³/mol. The number of rotatable bonds is 3. The molecular formula is C13H16N2S. The van der Waals surface area contributed by atoms with Crippen molar-refractivity contribution < 1.29 is 0 Å². The highest BCUT2D eigenvalue weighted by Crippen LogP contribution is 2.33. The zero-order valence-electron chi connectivity index (χ0n) is 9.20. The van der Waals surface area contributed by atoms with Gasteiger partial charge < -0.3 is 10.3 Å². The number of thiophene rings is 1. The van der Waals surface area contributed by atoms with E-state index in [0.717, 1.165) is 6.54 Å². The molecular weight excluding hydrogens is 216 g/mol. The van der Waals surface area contributed by atoms with Gasteiger partial charge in [-0.25, -0.2) is 0 Å². The van der Waals surface area contributed by atoms with Gasteiger partial charge in [0.15, 0.2) is 0 Å². The van der Waals surface area contributed by atoms with Crippen molar-refractivity contribution in [2.45, 2.75) is 31.8 Å². The van der Waals surface area contributed by atoms with E-state index in [1.807, 2.05) is 23.6 Å². The van der Waals surface area contributed by atoms with Gasteiger partial charge in [-0.1, -0.05) is 0 Å². The largest absolute Gasteiger partial charge is 0.364 e. The predicted octanol–water partition coefficient (Wildman–Crippen LogP) is 3.24. The first-order valence-corrected chi connectivity index (χ1v) is 6.73. The summed E-state index contributed by atoms with van der Waals surface area (Å²) in [4.78, 5) is 4.81. The fourth-order valence-corrected chi connectivity index (χ4v) is 3.40. The lowest BCUT2D eigenvalue weighted by atomic mass is 9.94. The van der Waals surface area contributed by atoms with Crippen molar-refractivity contribution in [2.24, 2.45) is 0 Å². The van der Waals surface area contributed by atoms with Crippen LogP contribution in [0.3, 0.4) is 0 Å².